The number of carbonyl (C=O) groups is 2. The molecule has 2 N–H and O–H groups in total. The van der Waals surface area contributed by atoms with E-state index in [0.29, 0.717) is 24.4 Å². The van der Waals surface area contributed by atoms with Crippen molar-refractivity contribution >= 4 is 17.6 Å². The topological polar surface area (TPSA) is 70.7 Å². The minimum Gasteiger partial charge on any atom is -0.497 e. The lowest BCUT2D eigenvalue weighted by Crippen LogP contribution is -2.42. The van der Waals surface area contributed by atoms with E-state index in [0.717, 1.165) is 0 Å². The van der Waals surface area contributed by atoms with Crippen molar-refractivity contribution in [1.82, 2.24) is 10.2 Å². The molecule has 0 aromatic heterocycles. The number of amides is 3. The van der Waals surface area contributed by atoms with E-state index in [9.17, 15) is 9.59 Å². The van der Waals surface area contributed by atoms with E-state index in [4.69, 9.17) is 4.74 Å². The minimum atomic E-state index is -0.435. The predicted octanol–water partition coefficient (Wildman–Crippen LogP) is 1.05. The second-order valence-corrected chi connectivity index (χ2v) is 4.43. The van der Waals surface area contributed by atoms with Crippen molar-refractivity contribution in [2.24, 2.45) is 0 Å². The van der Waals surface area contributed by atoms with Gasteiger partial charge in [0, 0.05) is 25.3 Å². The molecule has 0 aliphatic carbocycles. The third kappa shape index (κ3) is 3.15. The Bertz CT molecular complexity index is 490. The Hall–Kier alpha value is -2.24. The Labute approximate surface area is 111 Å². The molecular formula is C13H17N3O3. The third-order valence-electron chi connectivity index (χ3n) is 3.06. The first-order valence-electron chi connectivity index (χ1n) is 6.06. The SMILES string of the molecule is COc1cccc(NC(=O)NC2CCN(C)C2=O)c1. The highest BCUT2D eigenvalue weighted by molar-refractivity contribution is 5.94. The Morgan fingerprint density at radius 2 is 2.26 bits per heavy atom. The summed E-state index contributed by atoms with van der Waals surface area (Å²) >= 11 is 0. The van der Waals surface area contributed by atoms with Gasteiger partial charge in [-0.25, -0.2) is 4.79 Å². The van der Waals surface area contributed by atoms with Crippen molar-refractivity contribution in [2.45, 2.75) is 12.5 Å². The number of hydrogen-bond donors (Lipinski definition) is 2. The van der Waals surface area contributed by atoms with Gasteiger partial charge in [-0.2, -0.15) is 0 Å². The molecule has 3 amide bonds. The van der Waals surface area contributed by atoms with E-state index >= 15 is 0 Å². The molecule has 1 aliphatic heterocycles. The zero-order chi connectivity index (χ0) is 13.8. The number of rotatable bonds is 3. The summed E-state index contributed by atoms with van der Waals surface area (Å²) in [6, 6.07) is 6.21. The van der Waals surface area contributed by atoms with Gasteiger partial charge in [0.1, 0.15) is 11.8 Å². The molecule has 1 aromatic rings. The largest absolute Gasteiger partial charge is 0.497 e. The van der Waals surface area contributed by atoms with Crippen molar-refractivity contribution in [3.63, 3.8) is 0 Å². The maximum absolute atomic E-state index is 11.8. The molecular weight excluding hydrogens is 246 g/mol. The van der Waals surface area contributed by atoms with Crippen molar-refractivity contribution < 1.29 is 14.3 Å². The number of anilines is 1. The number of hydrogen-bond acceptors (Lipinski definition) is 3. The first kappa shape index (κ1) is 13.2. The first-order chi connectivity index (χ1) is 9.10. The lowest BCUT2D eigenvalue weighted by molar-refractivity contribution is -0.128. The molecule has 0 spiro atoms. The lowest BCUT2D eigenvalue weighted by Gasteiger charge is -2.13. The molecule has 0 saturated carbocycles. The first-order valence-corrected chi connectivity index (χ1v) is 6.06. The van der Waals surface area contributed by atoms with E-state index in [1.807, 2.05) is 0 Å². The monoisotopic (exact) mass is 263 g/mol. The Balaban J connectivity index is 1.92. The fourth-order valence-electron chi connectivity index (χ4n) is 1.98. The van der Waals surface area contributed by atoms with E-state index in [1.165, 1.54) is 0 Å². The van der Waals surface area contributed by atoms with Crippen LogP contribution in [0.15, 0.2) is 24.3 Å². The van der Waals surface area contributed by atoms with Gasteiger partial charge in [-0.15, -0.1) is 0 Å². The van der Waals surface area contributed by atoms with Crippen LogP contribution in [0.3, 0.4) is 0 Å². The Morgan fingerprint density at radius 1 is 1.47 bits per heavy atom. The van der Waals surface area contributed by atoms with Crippen molar-refractivity contribution in [3.05, 3.63) is 24.3 Å². The predicted molar refractivity (Wildman–Crippen MR) is 71.2 cm³/mol. The molecule has 6 nitrogen and oxygen atoms in total. The average molecular weight is 263 g/mol. The highest BCUT2D eigenvalue weighted by Crippen LogP contribution is 2.16. The van der Waals surface area contributed by atoms with Crippen LogP contribution in [0.25, 0.3) is 0 Å². The van der Waals surface area contributed by atoms with Crippen LogP contribution in [0.2, 0.25) is 0 Å². The Morgan fingerprint density at radius 3 is 2.89 bits per heavy atom. The maximum atomic E-state index is 11.8. The molecule has 1 atom stereocenters. The number of benzene rings is 1. The summed E-state index contributed by atoms with van der Waals surface area (Å²) in [6.07, 6.45) is 0.640. The standard InChI is InChI=1S/C13H17N3O3/c1-16-7-6-11(12(16)17)15-13(18)14-9-4-3-5-10(8-9)19-2/h3-5,8,11H,6-7H2,1-2H3,(H2,14,15,18). The van der Waals surface area contributed by atoms with Crippen LogP contribution in [0.5, 0.6) is 5.75 Å². The van der Waals surface area contributed by atoms with Gasteiger partial charge in [0.2, 0.25) is 5.91 Å². The molecule has 1 heterocycles. The molecule has 0 radical (unpaired) electrons. The van der Waals surface area contributed by atoms with Crippen LogP contribution in [0, 0.1) is 0 Å². The maximum Gasteiger partial charge on any atom is 0.319 e. The summed E-state index contributed by atoms with van der Waals surface area (Å²) < 4.78 is 5.07. The summed E-state index contributed by atoms with van der Waals surface area (Å²) in [5.41, 5.74) is 0.621. The molecule has 0 bridgehead atoms. The van der Waals surface area contributed by atoms with Gasteiger partial charge < -0.3 is 20.3 Å². The van der Waals surface area contributed by atoms with E-state index in [2.05, 4.69) is 10.6 Å². The summed E-state index contributed by atoms with van der Waals surface area (Å²) in [5.74, 6) is 0.607. The lowest BCUT2D eigenvalue weighted by atomic mass is 10.2. The fraction of sp³-hybridized carbons (Fsp3) is 0.385. The molecule has 102 valence electrons. The van der Waals surface area contributed by atoms with Crippen LogP contribution in [-0.4, -0.2) is 43.6 Å². The fourth-order valence-corrected chi connectivity index (χ4v) is 1.98. The number of urea groups is 1. The molecule has 6 heteroatoms. The van der Waals surface area contributed by atoms with E-state index in [-0.39, 0.29) is 11.9 Å². The van der Waals surface area contributed by atoms with Gasteiger partial charge in [0.05, 0.1) is 7.11 Å². The van der Waals surface area contributed by atoms with E-state index in [1.54, 1.807) is 43.3 Å². The summed E-state index contributed by atoms with van der Waals surface area (Å²) in [5, 5.41) is 5.34. The number of nitrogens with zero attached hydrogens (tertiary/aromatic N) is 1. The van der Waals surface area contributed by atoms with Crippen LogP contribution < -0.4 is 15.4 Å². The quantitative estimate of drug-likeness (QED) is 0.856. The van der Waals surface area contributed by atoms with Crippen LogP contribution >= 0.6 is 0 Å². The molecule has 2 rings (SSSR count). The summed E-state index contributed by atoms with van der Waals surface area (Å²) in [6.45, 7) is 0.670. The minimum absolute atomic E-state index is 0.0548. The zero-order valence-corrected chi connectivity index (χ0v) is 11.0. The number of methoxy groups -OCH3 is 1. The second kappa shape index (κ2) is 5.60. The third-order valence-corrected chi connectivity index (χ3v) is 3.06. The Kier molecular flexibility index (Phi) is 3.89. The van der Waals surface area contributed by atoms with Crippen molar-refractivity contribution in [2.75, 3.05) is 26.0 Å². The molecule has 1 aromatic carbocycles. The highest BCUT2D eigenvalue weighted by atomic mass is 16.5. The highest BCUT2D eigenvalue weighted by Gasteiger charge is 2.30. The number of likely N-dealkylation sites (tertiary alicyclic amines) is 1. The zero-order valence-electron chi connectivity index (χ0n) is 11.0. The number of likely N-dealkylation sites (N-methyl/N-ethyl adjacent to an activating group) is 1. The molecule has 1 saturated heterocycles. The molecule has 19 heavy (non-hydrogen) atoms. The molecule has 1 unspecified atom stereocenters. The summed E-state index contributed by atoms with van der Waals surface area (Å²) in [4.78, 5) is 25.1. The summed E-state index contributed by atoms with van der Waals surface area (Å²) in [7, 11) is 3.29. The van der Waals surface area contributed by atoms with Crippen LogP contribution in [0.4, 0.5) is 10.5 Å². The van der Waals surface area contributed by atoms with Crippen LogP contribution in [0.1, 0.15) is 6.42 Å². The second-order valence-electron chi connectivity index (χ2n) is 4.43. The van der Waals surface area contributed by atoms with Gasteiger partial charge in [-0.3, -0.25) is 4.79 Å². The molecule has 1 aliphatic rings. The smallest absolute Gasteiger partial charge is 0.319 e. The average Bonchev–Trinajstić information content (AvgIpc) is 2.71. The number of carbonyl (C=O) groups excluding carboxylic acids is 2. The van der Waals surface area contributed by atoms with Gasteiger partial charge in [-0.05, 0) is 18.6 Å². The number of ether oxygens (including phenoxy) is 1. The normalized spacial score (nSPS) is 18.3. The van der Waals surface area contributed by atoms with Gasteiger partial charge >= 0.3 is 6.03 Å². The number of nitrogens with one attached hydrogen (secondary N) is 2. The van der Waals surface area contributed by atoms with Crippen molar-refractivity contribution in [3.8, 4) is 5.75 Å². The van der Waals surface area contributed by atoms with Crippen molar-refractivity contribution in [1.29, 1.82) is 0 Å². The van der Waals surface area contributed by atoms with Gasteiger partial charge in [0.25, 0.3) is 0 Å². The van der Waals surface area contributed by atoms with Gasteiger partial charge in [0.15, 0.2) is 0 Å². The van der Waals surface area contributed by atoms with E-state index < -0.39 is 6.04 Å². The van der Waals surface area contributed by atoms with Gasteiger partial charge in [-0.1, -0.05) is 6.07 Å². The van der Waals surface area contributed by atoms with Crippen LogP contribution in [-0.2, 0) is 4.79 Å². The molecule has 1 fully saturated rings.